The normalized spacial score (nSPS) is 15.0. The lowest BCUT2D eigenvalue weighted by Gasteiger charge is -2.14. The molecular formula is C11H13ClO5S. The summed E-state index contributed by atoms with van der Waals surface area (Å²) in [5, 5.41) is 0. The monoisotopic (exact) mass is 292 g/mol. The molecule has 1 aromatic rings. The van der Waals surface area contributed by atoms with Gasteiger partial charge >= 0.3 is 0 Å². The van der Waals surface area contributed by atoms with Crippen LogP contribution in [0.15, 0.2) is 12.1 Å². The maximum atomic E-state index is 11.3. The first-order chi connectivity index (χ1) is 8.51. The lowest BCUT2D eigenvalue weighted by atomic mass is 10.2. The van der Waals surface area contributed by atoms with Crippen LogP contribution in [0.4, 0.5) is 0 Å². The first-order valence-electron chi connectivity index (χ1n) is 5.39. The summed E-state index contributed by atoms with van der Waals surface area (Å²) in [5.41, 5.74) is 0.395. The zero-order valence-electron chi connectivity index (χ0n) is 9.81. The second-order valence-electron chi connectivity index (χ2n) is 3.81. The Balaban J connectivity index is 2.52. The average Bonchev–Trinajstić information content (AvgIpc) is 2.52. The Morgan fingerprint density at radius 3 is 2.72 bits per heavy atom. The molecule has 0 N–H and O–H groups in total. The maximum absolute atomic E-state index is 11.3. The predicted molar refractivity (Wildman–Crippen MR) is 67.1 cm³/mol. The van der Waals surface area contributed by atoms with E-state index in [0.29, 0.717) is 36.0 Å². The van der Waals surface area contributed by atoms with Gasteiger partial charge in [0.25, 0.3) is 0 Å². The van der Waals surface area contributed by atoms with Crippen LogP contribution in [0.2, 0.25) is 0 Å². The van der Waals surface area contributed by atoms with Crippen LogP contribution in [0.25, 0.3) is 0 Å². The molecule has 18 heavy (non-hydrogen) atoms. The van der Waals surface area contributed by atoms with Gasteiger partial charge in [0.1, 0.15) is 5.75 Å². The minimum Gasteiger partial charge on any atom is -0.496 e. The molecule has 0 amide bonds. The Morgan fingerprint density at radius 2 is 2.06 bits per heavy atom. The molecule has 1 heterocycles. The van der Waals surface area contributed by atoms with Crippen LogP contribution < -0.4 is 14.2 Å². The quantitative estimate of drug-likeness (QED) is 0.797. The summed E-state index contributed by atoms with van der Waals surface area (Å²) >= 11 is 0. The van der Waals surface area contributed by atoms with Crippen LogP contribution in [0.1, 0.15) is 12.0 Å². The van der Waals surface area contributed by atoms with Gasteiger partial charge in [0.2, 0.25) is 9.05 Å². The number of rotatable bonds is 3. The van der Waals surface area contributed by atoms with E-state index in [1.807, 2.05) is 0 Å². The van der Waals surface area contributed by atoms with Crippen molar-refractivity contribution >= 4 is 19.7 Å². The summed E-state index contributed by atoms with van der Waals surface area (Å²) in [5.74, 6) is 0.979. The fraction of sp³-hybridized carbons (Fsp3) is 0.455. The highest BCUT2D eigenvalue weighted by atomic mass is 35.7. The largest absolute Gasteiger partial charge is 0.496 e. The van der Waals surface area contributed by atoms with Gasteiger partial charge in [0.05, 0.1) is 31.6 Å². The van der Waals surface area contributed by atoms with Gasteiger partial charge in [0.15, 0.2) is 11.5 Å². The number of fused-ring (bicyclic) bond motifs is 1. The number of hydrogen-bond acceptors (Lipinski definition) is 5. The zero-order valence-corrected chi connectivity index (χ0v) is 11.4. The minimum atomic E-state index is -3.70. The van der Waals surface area contributed by atoms with Gasteiger partial charge in [-0.15, -0.1) is 0 Å². The van der Waals surface area contributed by atoms with Crippen molar-refractivity contribution in [3.05, 3.63) is 17.7 Å². The molecule has 1 aromatic carbocycles. The molecule has 0 radical (unpaired) electrons. The molecule has 0 saturated heterocycles. The van der Waals surface area contributed by atoms with Crippen molar-refractivity contribution in [2.75, 3.05) is 20.3 Å². The van der Waals surface area contributed by atoms with Gasteiger partial charge in [-0.25, -0.2) is 8.42 Å². The van der Waals surface area contributed by atoms with E-state index in [0.717, 1.165) is 6.42 Å². The highest BCUT2D eigenvalue weighted by Gasteiger charge is 2.22. The number of benzene rings is 1. The van der Waals surface area contributed by atoms with E-state index in [9.17, 15) is 8.42 Å². The Labute approximate surface area is 110 Å². The van der Waals surface area contributed by atoms with E-state index in [1.54, 1.807) is 12.1 Å². The summed E-state index contributed by atoms with van der Waals surface area (Å²) in [4.78, 5) is 0. The second-order valence-corrected chi connectivity index (χ2v) is 6.58. The van der Waals surface area contributed by atoms with Crippen molar-refractivity contribution in [1.29, 1.82) is 0 Å². The van der Waals surface area contributed by atoms with E-state index < -0.39 is 9.05 Å². The Kier molecular flexibility index (Phi) is 3.87. The molecule has 5 nitrogen and oxygen atoms in total. The molecule has 0 saturated carbocycles. The third-order valence-electron chi connectivity index (χ3n) is 2.51. The molecule has 0 spiro atoms. The molecule has 100 valence electrons. The fourth-order valence-electron chi connectivity index (χ4n) is 1.78. The number of halogens is 1. The lowest BCUT2D eigenvalue weighted by Crippen LogP contribution is -2.04. The molecule has 0 aromatic heterocycles. The third kappa shape index (κ3) is 3.00. The number of ether oxygens (including phenoxy) is 3. The number of hydrogen-bond donors (Lipinski definition) is 0. The van der Waals surface area contributed by atoms with E-state index in [2.05, 4.69) is 0 Å². The van der Waals surface area contributed by atoms with Gasteiger partial charge in [0, 0.05) is 17.1 Å². The summed E-state index contributed by atoms with van der Waals surface area (Å²) < 4.78 is 38.7. The smallest absolute Gasteiger partial charge is 0.237 e. The van der Waals surface area contributed by atoms with Gasteiger partial charge in [-0.05, 0) is 12.1 Å². The zero-order chi connectivity index (χ0) is 13.2. The van der Waals surface area contributed by atoms with Crippen LogP contribution in [0, 0.1) is 0 Å². The van der Waals surface area contributed by atoms with Gasteiger partial charge in [-0.1, -0.05) is 0 Å². The van der Waals surface area contributed by atoms with E-state index in [4.69, 9.17) is 24.9 Å². The van der Waals surface area contributed by atoms with Crippen LogP contribution in [0.5, 0.6) is 17.2 Å². The Bertz CT molecular complexity index is 541. The Morgan fingerprint density at radius 1 is 1.33 bits per heavy atom. The van der Waals surface area contributed by atoms with E-state index in [1.165, 1.54) is 7.11 Å². The molecule has 0 aliphatic carbocycles. The minimum absolute atomic E-state index is 0.357. The molecule has 1 aliphatic rings. The van der Waals surface area contributed by atoms with Crippen molar-refractivity contribution in [3.63, 3.8) is 0 Å². The molecule has 7 heteroatoms. The van der Waals surface area contributed by atoms with E-state index in [-0.39, 0.29) is 5.75 Å². The highest BCUT2D eigenvalue weighted by Crippen LogP contribution is 2.40. The topological polar surface area (TPSA) is 61.8 Å². The standard InChI is InChI=1S/C11H13ClO5S/c1-15-9-3-4-10-11(17-6-2-5-16-10)8(9)7-18(12,13)14/h3-4H,2,5-7H2,1H3. The molecule has 2 rings (SSSR count). The van der Waals surface area contributed by atoms with E-state index >= 15 is 0 Å². The van der Waals surface area contributed by atoms with Crippen LogP contribution in [0.3, 0.4) is 0 Å². The second kappa shape index (κ2) is 5.24. The summed E-state index contributed by atoms with van der Waals surface area (Å²) in [6, 6.07) is 3.34. The van der Waals surface area contributed by atoms with Crippen LogP contribution in [-0.2, 0) is 14.8 Å². The van der Waals surface area contributed by atoms with Gasteiger partial charge < -0.3 is 14.2 Å². The Hall–Kier alpha value is -1.14. The molecular weight excluding hydrogens is 280 g/mol. The van der Waals surface area contributed by atoms with Crippen molar-refractivity contribution in [2.24, 2.45) is 0 Å². The maximum Gasteiger partial charge on any atom is 0.237 e. The van der Waals surface area contributed by atoms with Crippen LogP contribution in [-0.4, -0.2) is 28.7 Å². The lowest BCUT2D eigenvalue weighted by molar-refractivity contribution is 0.296. The summed E-state index contributed by atoms with van der Waals surface area (Å²) in [7, 11) is 3.06. The van der Waals surface area contributed by atoms with Crippen molar-refractivity contribution in [3.8, 4) is 17.2 Å². The summed E-state index contributed by atoms with van der Waals surface area (Å²) in [6.45, 7) is 1.00. The highest BCUT2D eigenvalue weighted by molar-refractivity contribution is 8.13. The molecule has 1 aliphatic heterocycles. The van der Waals surface area contributed by atoms with Crippen molar-refractivity contribution < 1.29 is 22.6 Å². The van der Waals surface area contributed by atoms with Crippen molar-refractivity contribution in [2.45, 2.75) is 12.2 Å². The fourth-order valence-corrected chi connectivity index (χ4v) is 2.72. The van der Waals surface area contributed by atoms with Crippen molar-refractivity contribution in [1.82, 2.24) is 0 Å². The van der Waals surface area contributed by atoms with Gasteiger partial charge in [-0.2, -0.15) is 0 Å². The predicted octanol–water partition coefficient (Wildman–Crippen LogP) is 1.93. The third-order valence-corrected chi connectivity index (χ3v) is 3.47. The van der Waals surface area contributed by atoms with Crippen LogP contribution >= 0.6 is 10.7 Å². The first kappa shape index (κ1) is 13.3. The molecule has 0 unspecified atom stereocenters. The average molecular weight is 293 g/mol. The SMILES string of the molecule is COc1ccc2c(c1CS(=O)(=O)Cl)OCCCO2. The molecule has 0 bridgehead atoms. The number of methoxy groups -OCH3 is 1. The summed E-state index contributed by atoms with van der Waals surface area (Å²) in [6.07, 6.45) is 0.740. The first-order valence-corrected chi connectivity index (χ1v) is 7.87. The molecule has 0 fully saturated rings. The molecule has 0 atom stereocenters. The van der Waals surface area contributed by atoms with Gasteiger partial charge in [-0.3, -0.25) is 0 Å².